The highest BCUT2D eigenvalue weighted by molar-refractivity contribution is 5.45. The molecular weight excluding hydrogens is 614 g/mol. The van der Waals surface area contributed by atoms with Crippen LogP contribution in [0, 0.1) is 35.5 Å². The Morgan fingerprint density at radius 2 is 1.86 bits per heavy atom. The smallest absolute Gasteiger partial charge is 0.161 e. The molecule has 6 rings (SSSR count). The lowest BCUT2D eigenvalue weighted by molar-refractivity contribution is -0.00706. The second kappa shape index (κ2) is 15.9. The quantitative estimate of drug-likeness (QED) is 0.123. The van der Waals surface area contributed by atoms with Gasteiger partial charge in [0.25, 0.3) is 0 Å². The zero-order chi connectivity index (χ0) is 34.4. The Morgan fingerprint density at radius 1 is 1.04 bits per heavy atom. The van der Waals surface area contributed by atoms with Crippen molar-refractivity contribution < 1.29 is 25.2 Å². The Kier molecular flexibility index (Phi) is 11.4. The Balaban J connectivity index is 1.26. The first-order chi connectivity index (χ1) is 23.8. The molecule has 8 nitrogen and oxygen atoms in total. The molecule has 49 heavy (non-hydrogen) atoms. The van der Waals surface area contributed by atoms with Gasteiger partial charge in [0.2, 0.25) is 0 Å². The number of H-pyrrole nitrogens is 1. The SMILES string of the molecule is CCC1C#CC2C=CC(c3ccc(O)c(OC(CO)CC(C4=CCNC(N)=C4)C4(c5ccc[nH]5)CCCC4)c3)CC(O)C2C(O)CCCC1. The third-order valence-electron chi connectivity index (χ3n) is 11.7. The third kappa shape index (κ3) is 7.90. The topological polar surface area (TPSA) is 144 Å². The van der Waals surface area contributed by atoms with Crippen molar-refractivity contribution in [1.29, 1.82) is 0 Å². The summed E-state index contributed by atoms with van der Waals surface area (Å²) in [7, 11) is 0. The number of fused-ring (bicyclic) bond motifs is 1. The molecule has 1 saturated carbocycles. The van der Waals surface area contributed by atoms with E-state index in [0.29, 0.717) is 43.3 Å². The highest BCUT2D eigenvalue weighted by Gasteiger charge is 2.46. The van der Waals surface area contributed by atoms with Gasteiger partial charge in [-0.1, -0.05) is 68.7 Å². The van der Waals surface area contributed by atoms with Gasteiger partial charge in [-0.15, -0.1) is 0 Å². The van der Waals surface area contributed by atoms with Crippen LogP contribution in [0.3, 0.4) is 0 Å². The summed E-state index contributed by atoms with van der Waals surface area (Å²) in [5, 5.41) is 47.6. The molecule has 1 aliphatic heterocycles. The number of hydrogen-bond acceptors (Lipinski definition) is 7. The average Bonchev–Trinajstić information content (AvgIpc) is 3.80. The molecule has 1 aromatic carbocycles. The molecule has 8 unspecified atom stereocenters. The number of aromatic hydroxyl groups is 1. The van der Waals surface area contributed by atoms with Crippen LogP contribution in [0.4, 0.5) is 0 Å². The first-order valence-electron chi connectivity index (χ1n) is 18.5. The Hall–Kier alpha value is -3.64. The molecule has 264 valence electrons. The van der Waals surface area contributed by atoms with Crippen LogP contribution >= 0.6 is 0 Å². The van der Waals surface area contributed by atoms with E-state index in [0.717, 1.165) is 62.5 Å². The number of aromatic nitrogens is 1. The fraction of sp³-hybridized carbons (Fsp3) is 0.561. The van der Waals surface area contributed by atoms with Crippen LogP contribution in [0.15, 0.2) is 72.2 Å². The number of aliphatic hydroxyl groups is 3. The molecule has 1 aromatic heterocycles. The van der Waals surface area contributed by atoms with Crippen molar-refractivity contribution in [1.82, 2.24) is 10.3 Å². The number of phenols is 1. The number of ether oxygens (including phenoxy) is 1. The third-order valence-corrected chi connectivity index (χ3v) is 11.7. The lowest BCUT2D eigenvalue weighted by Gasteiger charge is -2.40. The van der Waals surface area contributed by atoms with E-state index in [-0.39, 0.29) is 41.4 Å². The van der Waals surface area contributed by atoms with E-state index in [1.54, 1.807) is 6.07 Å². The van der Waals surface area contributed by atoms with Gasteiger partial charge in [-0.25, -0.2) is 0 Å². The molecule has 1 fully saturated rings. The molecule has 0 spiro atoms. The number of phenolic OH excluding ortho intramolecular Hbond substituents is 1. The van der Waals surface area contributed by atoms with Crippen LogP contribution in [0.2, 0.25) is 0 Å². The predicted octanol–water partition coefficient (Wildman–Crippen LogP) is 5.91. The number of allylic oxidation sites excluding steroid dienone is 4. The number of aliphatic hydroxyl groups excluding tert-OH is 3. The van der Waals surface area contributed by atoms with Crippen LogP contribution in [0.25, 0.3) is 0 Å². The largest absolute Gasteiger partial charge is 0.504 e. The summed E-state index contributed by atoms with van der Waals surface area (Å²) in [4.78, 5) is 3.50. The Morgan fingerprint density at radius 3 is 2.59 bits per heavy atom. The Bertz CT molecular complexity index is 1550. The number of rotatable bonds is 10. The molecule has 8 N–H and O–H groups in total. The second-order valence-electron chi connectivity index (χ2n) is 14.7. The second-order valence-corrected chi connectivity index (χ2v) is 14.7. The molecule has 2 heterocycles. The molecule has 0 amide bonds. The van der Waals surface area contributed by atoms with Crippen LogP contribution in [0.1, 0.15) is 94.7 Å². The molecule has 0 bridgehead atoms. The van der Waals surface area contributed by atoms with E-state index in [1.165, 1.54) is 5.69 Å². The average molecular weight is 670 g/mol. The monoisotopic (exact) mass is 669 g/mol. The van der Waals surface area contributed by atoms with Gasteiger partial charge in [0, 0.05) is 47.5 Å². The minimum absolute atomic E-state index is 0.00288. The van der Waals surface area contributed by atoms with Gasteiger partial charge < -0.3 is 41.2 Å². The van der Waals surface area contributed by atoms with E-state index in [9.17, 15) is 20.4 Å². The molecular formula is C41H55N3O5. The maximum atomic E-state index is 11.5. The van der Waals surface area contributed by atoms with Gasteiger partial charge in [-0.3, -0.25) is 0 Å². The van der Waals surface area contributed by atoms with Gasteiger partial charge in [0.15, 0.2) is 11.5 Å². The number of benzene rings is 1. The lowest BCUT2D eigenvalue weighted by atomic mass is 9.66. The number of nitrogens with two attached hydrogens (primary N) is 1. The molecule has 0 saturated heterocycles. The molecule has 8 heteroatoms. The highest BCUT2D eigenvalue weighted by Crippen LogP contribution is 2.51. The van der Waals surface area contributed by atoms with Gasteiger partial charge in [0.1, 0.15) is 6.10 Å². The fourth-order valence-corrected chi connectivity index (χ4v) is 8.94. The van der Waals surface area contributed by atoms with Crippen molar-refractivity contribution in [3.63, 3.8) is 0 Å². The first-order valence-corrected chi connectivity index (χ1v) is 18.5. The van der Waals surface area contributed by atoms with Gasteiger partial charge in [-0.05, 0) is 92.3 Å². The van der Waals surface area contributed by atoms with Crippen LogP contribution in [-0.4, -0.2) is 56.9 Å². The molecule has 4 aliphatic rings. The Labute approximate surface area is 291 Å². The zero-order valence-electron chi connectivity index (χ0n) is 28.9. The van der Waals surface area contributed by atoms with Crippen molar-refractivity contribution in [3.8, 4) is 23.3 Å². The standard InChI is InChI=1S/C41H55N3O5/c1-2-27-8-3-4-9-35(47)40-28(12-11-27)13-14-29(22-36(40)48)30-15-16-34(46)37(23-30)49-32(26-45)25-33(31-17-21-44-39(42)24-31)41(18-5-6-19-41)38-10-7-20-43-38/h7,10,13-17,20,23-24,27-29,32-33,35-36,40,43-48H,2-6,8-9,18-19,21-22,25-26,42H2,1H3. The summed E-state index contributed by atoms with van der Waals surface area (Å²) in [6.07, 6.45) is 18.3. The van der Waals surface area contributed by atoms with Gasteiger partial charge >= 0.3 is 0 Å². The van der Waals surface area contributed by atoms with Gasteiger partial charge in [-0.2, -0.15) is 0 Å². The molecule has 8 atom stereocenters. The summed E-state index contributed by atoms with van der Waals surface area (Å²) in [6.45, 7) is 2.60. The number of aromatic amines is 1. The van der Waals surface area contributed by atoms with Crippen molar-refractivity contribution in [3.05, 3.63) is 83.5 Å². The van der Waals surface area contributed by atoms with E-state index in [4.69, 9.17) is 10.5 Å². The van der Waals surface area contributed by atoms with E-state index in [1.807, 2.05) is 30.5 Å². The van der Waals surface area contributed by atoms with Crippen molar-refractivity contribution in [2.75, 3.05) is 13.2 Å². The normalized spacial score (nSPS) is 29.6. The summed E-state index contributed by atoms with van der Waals surface area (Å²) in [6, 6.07) is 9.56. The van der Waals surface area contributed by atoms with Crippen LogP contribution in [-0.2, 0) is 5.41 Å². The highest BCUT2D eigenvalue weighted by atomic mass is 16.5. The van der Waals surface area contributed by atoms with Crippen molar-refractivity contribution >= 4 is 0 Å². The van der Waals surface area contributed by atoms with Gasteiger partial charge in [0.05, 0.1) is 24.6 Å². The van der Waals surface area contributed by atoms with Crippen molar-refractivity contribution in [2.24, 2.45) is 29.4 Å². The maximum Gasteiger partial charge on any atom is 0.161 e. The number of hydrogen-bond donors (Lipinski definition) is 7. The molecule has 0 radical (unpaired) electrons. The summed E-state index contributed by atoms with van der Waals surface area (Å²) >= 11 is 0. The molecule has 3 aliphatic carbocycles. The number of dihydropyridines is 1. The minimum Gasteiger partial charge on any atom is -0.504 e. The fourth-order valence-electron chi connectivity index (χ4n) is 8.94. The lowest BCUT2D eigenvalue weighted by Crippen LogP contribution is -2.39. The summed E-state index contributed by atoms with van der Waals surface area (Å²) in [5.74, 6) is 7.45. The summed E-state index contributed by atoms with van der Waals surface area (Å²) < 4.78 is 6.50. The number of nitrogens with one attached hydrogen (secondary N) is 2. The minimum atomic E-state index is -0.743. The first kappa shape index (κ1) is 35.2. The van der Waals surface area contributed by atoms with Crippen LogP contribution < -0.4 is 15.8 Å². The predicted molar refractivity (Wildman–Crippen MR) is 193 cm³/mol. The summed E-state index contributed by atoms with van der Waals surface area (Å²) in [5.41, 5.74) is 9.35. The molecule has 2 aromatic rings. The van der Waals surface area contributed by atoms with E-state index >= 15 is 0 Å². The van der Waals surface area contributed by atoms with Crippen molar-refractivity contribution in [2.45, 2.75) is 107 Å². The maximum absolute atomic E-state index is 11.5. The zero-order valence-corrected chi connectivity index (χ0v) is 28.9. The van der Waals surface area contributed by atoms with E-state index < -0.39 is 18.3 Å². The van der Waals surface area contributed by atoms with E-state index in [2.05, 4.69) is 53.4 Å². The van der Waals surface area contributed by atoms with Crippen LogP contribution in [0.5, 0.6) is 11.5 Å².